The number of piperazine rings is 1. The van der Waals surface area contributed by atoms with Crippen LogP contribution in [0, 0.1) is 0 Å². The first kappa shape index (κ1) is 26.5. The van der Waals surface area contributed by atoms with Crippen molar-refractivity contribution < 1.29 is 19.3 Å². The van der Waals surface area contributed by atoms with Crippen LogP contribution in [0.2, 0.25) is 5.02 Å². The first-order valence-corrected chi connectivity index (χ1v) is 13.0. The molecule has 1 aromatic heterocycles. The highest BCUT2D eigenvalue weighted by Crippen LogP contribution is 2.37. The lowest BCUT2D eigenvalue weighted by atomic mass is 10.1. The molecule has 0 amide bonds. The molecule has 200 valence electrons. The standard InChI is InChI=1S/C29H33ClN4O4/c1-36-22-6-8-25-24(16-22)29(23-7-4-20(30)15-26(23)32-25)31-21-5-9-27(35)19(14-21)17-33-10-12-34(13-11-33)18-28(37-2)38-3/h4-9,14-16,28,35H,10-13,17-18H2,1-3H3,(H,31,32). The summed E-state index contributed by atoms with van der Waals surface area (Å²) in [7, 11) is 4.98. The number of nitrogens with one attached hydrogen (secondary N) is 1. The van der Waals surface area contributed by atoms with Crippen molar-refractivity contribution in [1.29, 1.82) is 0 Å². The second kappa shape index (κ2) is 11.7. The van der Waals surface area contributed by atoms with Gasteiger partial charge in [0, 0.05) is 80.5 Å². The third-order valence-corrected chi connectivity index (χ3v) is 7.32. The average Bonchev–Trinajstić information content (AvgIpc) is 2.93. The first-order valence-electron chi connectivity index (χ1n) is 12.6. The lowest BCUT2D eigenvalue weighted by molar-refractivity contribution is -0.119. The highest BCUT2D eigenvalue weighted by atomic mass is 35.5. The zero-order chi connectivity index (χ0) is 26.6. The average molecular weight is 537 g/mol. The highest BCUT2D eigenvalue weighted by molar-refractivity contribution is 6.31. The number of benzene rings is 3. The number of anilines is 2. The van der Waals surface area contributed by atoms with Crippen LogP contribution < -0.4 is 10.1 Å². The normalized spacial score (nSPS) is 15.0. The molecule has 1 fully saturated rings. The van der Waals surface area contributed by atoms with E-state index in [1.807, 2.05) is 48.5 Å². The molecule has 0 radical (unpaired) electrons. The number of halogens is 1. The fourth-order valence-corrected chi connectivity index (χ4v) is 5.09. The summed E-state index contributed by atoms with van der Waals surface area (Å²) in [5.41, 5.74) is 4.31. The number of ether oxygens (including phenoxy) is 3. The fraction of sp³-hybridized carbons (Fsp3) is 0.345. The van der Waals surface area contributed by atoms with Gasteiger partial charge in [-0.15, -0.1) is 0 Å². The van der Waals surface area contributed by atoms with Crippen LogP contribution in [-0.4, -0.2) is 80.2 Å². The Morgan fingerprint density at radius 1 is 0.895 bits per heavy atom. The maximum absolute atomic E-state index is 10.7. The summed E-state index contributed by atoms with van der Waals surface area (Å²) in [5.74, 6) is 1.04. The van der Waals surface area contributed by atoms with Gasteiger partial charge < -0.3 is 24.6 Å². The van der Waals surface area contributed by atoms with Crippen LogP contribution in [0.25, 0.3) is 21.8 Å². The number of pyridine rings is 1. The van der Waals surface area contributed by atoms with Gasteiger partial charge in [0.1, 0.15) is 11.5 Å². The molecule has 1 aliphatic rings. The van der Waals surface area contributed by atoms with E-state index in [1.54, 1.807) is 27.4 Å². The van der Waals surface area contributed by atoms with Crippen LogP contribution in [-0.2, 0) is 16.0 Å². The number of aromatic hydroxyl groups is 1. The van der Waals surface area contributed by atoms with Gasteiger partial charge in [0.15, 0.2) is 6.29 Å². The van der Waals surface area contributed by atoms with Crippen molar-refractivity contribution in [3.63, 3.8) is 0 Å². The number of nitrogens with zero attached hydrogens (tertiary/aromatic N) is 3. The molecule has 4 aromatic rings. The Hall–Kier alpha value is -3.14. The van der Waals surface area contributed by atoms with Crippen molar-refractivity contribution >= 4 is 44.8 Å². The van der Waals surface area contributed by atoms with Crippen molar-refractivity contribution in [2.75, 3.05) is 59.4 Å². The minimum absolute atomic E-state index is 0.218. The predicted molar refractivity (Wildman–Crippen MR) is 152 cm³/mol. The van der Waals surface area contributed by atoms with Gasteiger partial charge in [0.2, 0.25) is 0 Å². The van der Waals surface area contributed by atoms with Gasteiger partial charge in [-0.1, -0.05) is 11.6 Å². The van der Waals surface area contributed by atoms with Crippen molar-refractivity contribution in [3.05, 3.63) is 65.2 Å². The molecule has 8 nitrogen and oxygen atoms in total. The Morgan fingerprint density at radius 2 is 1.66 bits per heavy atom. The number of rotatable bonds is 9. The van der Waals surface area contributed by atoms with E-state index < -0.39 is 0 Å². The minimum Gasteiger partial charge on any atom is -0.508 e. The van der Waals surface area contributed by atoms with Gasteiger partial charge in [-0.05, 0) is 54.6 Å². The Kier molecular flexibility index (Phi) is 8.16. The summed E-state index contributed by atoms with van der Waals surface area (Å²) in [6.07, 6.45) is -0.218. The number of aromatic nitrogens is 1. The maximum Gasteiger partial charge on any atom is 0.169 e. The fourth-order valence-electron chi connectivity index (χ4n) is 4.92. The zero-order valence-electron chi connectivity index (χ0n) is 21.9. The largest absolute Gasteiger partial charge is 0.508 e. The molecule has 1 saturated heterocycles. The van der Waals surface area contributed by atoms with Gasteiger partial charge in [0.25, 0.3) is 0 Å². The summed E-state index contributed by atoms with van der Waals surface area (Å²) in [6, 6.07) is 17.2. The number of fused-ring (bicyclic) bond motifs is 2. The van der Waals surface area contributed by atoms with Crippen molar-refractivity contribution in [1.82, 2.24) is 14.8 Å². The Morgan fingerprint density at radius 3 is 2.39 bits per heavy atom. The van der Waals surface area contributed by atoms with E-state index in [0.29, 0.717) is 11.6 Å². The van der Waals surface area contributed by atoms with E-state index in [9.17, 15) is 5.11 Å². The lowest BCUT2D eigenvalue weighted by Gasteiger charge is -2.36. The van der Waals surface area contributed by atoms with Crippen LogP contribution in [0.1, 0.15) is 5.56 Å². The van der Waals surface area contributed by atoms with Crippen LogP contribution in [0.4, 0.5) is 11.4 Å². The van der Waals surface area contributed by atoms with E-state index in [4.69, 9.17) is 30.8 Å². The molecule has 3 aromatic carbocycles. The Balaban J connectivity index is 1.39. The molecule has 5 rings (SSSR count). The molecule has 0 unspecified atom stereocenters. The molecular formula is C29H33ClN4O4. The molecule has 0 atom stereocenters. The zero-order valence-corrected chi connectivity index (χ0v) is 22.7. The van der Waals surface area contributed by atoms with Gasteiger partial charge >= 0.3 is 0 Å². The smallest absolute Gasteiger partial charge is 0.169 e. The van der Waals surface area contributed by atoms with Gasteiger partial charge in [0.05, 0.1) is 23.8 Å². The SMILES string of the molecule is COc1ccc2nc3cc(Cl)ccc3c(Nc3ccc(O)c(CN4CCN(CC(OC)OC)CC4)c3)c2c1. The molecule has 9 heteroatoms. The summed E-state index contributed by atoms with van der Waals surface area (Å²) >= 11 is 6.28. The van der Waals surface area contributed by atoms with Gasteiger partial charge in [-0.25, -0.2) is 4.98 Å². The van der Waals surface area contributed by atoms with E-state index in [2.05, 4.69) is 15.1 Å². The molecule has 0 aliphatic carbocycles. The third kappa shape index (κ3) is 5.80. The second-order valence-corrected chi connectivity index (χ2v) is 9.91. The molecule has 0 saturated carbocycles. The molecule has 0 bridgehead atoms. The van der Waals surface area contributed by atoms with Crippen LogP contribution in [0.3, 0.4) is 0 Å². The predicted octanol–water partition coefficient (Wildman–Crippen LogP) is 5.24. The summed E-state index contributed by atoms with van der Waals surface area (Å²) < 4.78 is 16.2. The van der Waals surface area contributed by atoms with E-state index in [0.717, 1.165) is 77.2 Å². The Labute approximate surface area is 227 Å². The summed E-state index contributed by atoms with van der Waals surface area (Å²) in [4.78, 5) is 9.51. The number of phenols is 1. The number of methoxy groups -OCH3 is 3. The Bertz CT molecular complexity index is 1420. The van der Waals surface area contributed by atoms with E-state index in [1.165, 1.54) is 0 Å². The molecule has 2 heterocycles. The quantitative estimate of drug-likeness (QED) is 0.171. The summed E-state index contributed by atoms with van der Waals surface area (Å²) in [5, 5.41) is 16.8. The minimum atomic E-state index is -0.218. The monoisotopic (exact) mass is 536 g/mol. The summed E-state index contributed by atoms with van der Waals surface area (Å²) in [6.45, 7) is 5.04. The van der Waals surface area contributed by atoms with Crippen LogP contribution in [0.5, 0.6) is 11.5 Å². The van der Waals surface area contributed by atoms with E-state index in [-0.39, 0.29) is 12.0 Å². The molecule has 38 heavy (non-hydrogen) atoms. The molecule has 0 spiro atoms. The second-order valence-electron chi connectivity index (χ2n) is 9.48. The topological polar surface area (TPSA) is 79.3 Å². The van der Waals surface area contributed by atoms with Crippen molar-refractivity contribution in [2.24, 2.45) is 0 Å². The van der Waals surface area contributed by atoms with Crippen LogP contribution in [0.15, 0.2) is 54.6 Å². The van der Waals surface area contributed by atoms with Crippen LogP contribution >= 0.6 is 11.6 Å². The first-order chi connectivity index (χ1) is 18.5. The maximum atomic E-state index is 10.7. The van der Waals surface area contributed by atoms with Crippen molar-refractivity contribution in [3.8, 4) is 11.5 Å². The third-order valence-electron chi connectivity index (χ3n) is 7.08. The number of hydrogen-bond acceptors (Lipinski definition) is 8. The molecule has 1 aliphatic heterocycles. The molecule has 2 N–H and O–H groups in total. The van der Waals surface area contributed by atoms with Gasteiger partial charge in [-0.2, -0.15) is 0 Å². The van der Waals surface area contributed by atoms with Crippen molar-refractivity contribution in [2.45, 2.75) is 12.8 Å². The number of hydrogen-bond donors (Lipinski definition) is 2. The lowest BCUT2D eigenvalue weighted by Crippen LogP contribution is -2.48. The van der Waals surface area contributed by atoms with E-state index >= 15 is 0 Å². The van der Waals surface area contributed by atoms with Gasteiger partial charge in [-0.3, -0.25) is 9.80 Å². The highest BCUT2D eigenvalue weighted by Gasteiger charge is 2.21. The molecular weight excluding hydrogens is 504 g/mol. The number of phenolic OH excluding ortho intramolecular Hbond substituents is 1.